The largest absolute Gasteiger partial charge is 0.484 e. The summed E-state index contributed by atoms with van der Waals surface area (Å²) in [7, 11) is 1.73. The van der Waals surface area contributed by atoms with Crippen molar-refractivity contribution < 1.29 is 13.9 Å². The van der Waals surface area contributed by atoms with E-state index in [1.165, 1.54) is 0 Å². The third-order valence-corrected chi connectivity index (χ3v) is 3.51. The van der Waals surface area contributed by atoms with Crippen LogP contribution < -0.4 is 4.74 Å². The number of nitrogens with zero attached hydrogens (tertiary/aromatic N) is 1. The summed E-state index contributed by atoms with van der Waals surface area (Å²) in [5, 5.41) is 0. The lowest BCUT2D eigenvalue weighted by Crippen LogP contribution is -2.30. The first-order valence-electron chi connectivity index (χ1n) is 6.22. The van der Waals surface area contributed by atoms with Crippen LogP contribution in [-0.4, -0.2) is 24.5 Å². The molecule has 1 aromatic carbocycles. The van der Waals surface area contributed by atoms with Gasteiger partial charge in [-0.25, -0.2) is 0 Å². The van der Waals surface area contributed by atoms with Gasteiger partial charge in [0.25, 0.3) is 5.91 Å². The van der Waals surface area contributed by atoms with Gasteiger partial charge in [0.1, 0.15) is 17.3 Å². The number of ether oxygens (including phenoxy) is 1. The Morgan fingerprint density at radius 2 is 1.95 bits per heavy atom. The molecule has 20 heavy (non-hydrogen) atoms. The molecule has 0 aliphatic heterocycles. The lowest BCUT2D eigenvalue weighted by molar-refractivity contribution is -0.132. The Bertz CT molecular complexity index is 577. The topological polar surface area (TPSA) is 42.7 Å². The van der Waals surface area contributed by atoms with E-state index in [2.05, 4.69) is 22.6 Å². The molecular weight excluding hydrogens is 369 g/mol. The maximum Gasteiger partial charge on any atom is 0.260 e. The van der Waals surface area contributed by atoms with Crippen molar-refractivity contribution in [3.05, 3.63) is 51.5 Å². The van der Waals surface area contributed by atoms with E-state index in [1.54, 1.807) is 11.9 Å². The van der Waals surface area contributed by atoms with Gasteiger partial charge < -0.3 is 14.1 Å². The predicted molar refractivity (Wildman–Crippen MR) is 84.6 cm³/mol. The summed E-state index contributed by atoms with van der Waals surface area (Å²) in [6, 6.07) is 11.3. The van der Waals surface area contributed by atoms with Crippen LogP contribution in [0.15, 0.2) is 40.8 Å². The van der Waals surface area contributed by atoms with E-state index < -0.39 is 0 Å². The average Bonchev–Trinajstić information content (AvgIpc) is 2.83. The molecule has 0 saturated heterocycles. The molecule has 2 rings (SSSR count). The van der Waals surface area contributed by atoms with Crippen molar-refractivity contribution in [1.29, 1.82) is 0 Å². The third kappa shape index (κ3) is 4.26. The highest BCUT2D eigenvalue weighted by atomic mass is 127. The monoisotopic (exact) mass is 385 g/mol. The summed E-state index contributed by atoms with van der Waals surface area (Å²) >= 11 is 2.22. The van der Waals surface area contributed by atoms with E-state index in [1.807, 2.05) is 43.3 Å². The molecule has 5 heteroatoms. The Hall–Kier alpha value is -1.50. The van der Waals surface area contributed by atoms with E-state index in [9.17, 15) is 4.79 Å². The van der Waals surface area contributed by atoms with Crippen molar-refractivity contribution in [2.24, 2.45) is 0 Å². The molecule has 0 aliphatic rings. The van der Waals surface area contributed by atoms with Crippen LogP contribution in [0.4, 0.5) is 0 Å². The van der Waals surface area contributed by atoms with Gasteiger partial charge in [-0.2, -0.15) is 0 Å². The highest BCUT2D eigenvalue weighted by Crippen LogP contribution is 2.14. The smallest absolute Gasteiger partial charge is 0.260 e. The lowest BCUT2D eigenvalue weighted by atomic mass is 10.3. The fourth-order valence-corrected chi connectivity index (χ4v) is 2.04. The van der Waals surface area contributed by atoms with Gasteiger partial charge in [-0.1, -0.05) is 0 Å². The van der Waals surface area contributed by atoms with Gasteiger partial charge in [-0.3, -0.25) is 4.79 Å². The second kappa shape index (κ2) is 6.78. The molecule has 0 radical (unpaired) electrons. The molecule has 0 bridgehead atoms. The van der Waals surface area contributed by atoms with Crippen molar-refractivity contribution in [2.45, 2.75) is 13.5 Å². The number of likely N-dealkylation sites (N-methyl/N-ethyl adjacent to an activating group) is 1. The average molecular weight is 385 g/mol. The van der Waals surface area contributed by atoms with Crippen LogP contribution in [0.1, 0.15) is 11.5 Å². The summed E-state index contributed by atoms with van der Waals surface area (Å²) in [5.41, 5.74) is 0. The van der Waals surface area contributed by atoms with Gasteiger partial charge >= 0.3 is 0 Å². The van der Waals surface area contributed by atoms with Gasteiger partial charge in [0, 0.05) is 10.6 Å². The minimum Gasteiger partial charge on any atom is -0.484 e. The number of benzene rings is 1. The van der Waals surface area contributed by atoms with Crippen molar-refractivity contribution in [3.63, 3.8) is 0 Å². The van der Waals surface area contributed by atoms with Gasteiger partial charge in [0.05, 0.1) is 6.54 Å². The Morgan fingerprint density at radius 3 is 2.55 bits per heavy atom. The molecule has 1 amide bonds. The van der Waals surface area contributed by atoms with Crippen LogP contribution in [-0.2, 0) is 11.3 Å². The fourth-order valence-electron chi connectivity index (χ4n) is 1.68. The molecule has 4 nitrogen and oxygen atoms in total. The second-order valence-corrected chi connectivity index (χ2v) is 5.75. The molecule has 0 atom stereocenters. The summed E-state index contributed by atoms with van der Waals surface area (Å²) < 4.78 is 12.0. The summed E-state index contributed by atoms with van der Waals surface area (Å²) in [4.78, 5) is 13.5. The quantitative estimate of drug-likeness (QED) is 0.743. The lowest BCUT2D eigenvalue weighted by Gasteiger charge is -2.16. The SMILES string of the molecule is Cc1ccc(CN(C)C(=O)COc2ccc(I)cc2)o1. The van der Waals surface area contributed by atoms with Gasteiger partial charge in [-0.15, -0.1) is 0 Å². The van der Waals surface area contributed by atoms with Crippen LogP contribution in [0, 0.1) is 10.5 Å². The van der Waals surface area contributed by atoms with E-state index in [4.69, 9.17) is 9.15 Å². The Balaban J connectivity index is 1.83. The maximum absolute atomic E-state index is 12.0. The van der Waals surface area contributed by atoms with Crippen molar-refractivity contribution in [3.8, 4) is 5.75 Å². The van der Waals surface area contributed by atoms with Gasteiger partial charge in [-0.05, 0) is 65.9 Å². The Kier molecular flexibility index (Phi) is 5.05. The van der Waals surface area contributed by atoms with E-state index in [0.29, 0.717) is 12.3 Å². The van der Waals surface area contributed by atoms with Crippen LogP contribution in [0.5, 0.6) is 5.75 Å². The number of carbonyl (C=O) groups is 1. The minimum absolute atomic E-state index is 0.0246. The first kappa shape index (κ1) is 14.9. The number of hydrogen-bond acceptors (Lipinski definition) is 3. The zero-order valence-electron chi connectivity index (χ0n) is 11.4. The predicted octanol–water partition coefficient (Wildman–Crippen LogP) is 3.23. The normalized spacial score (nSPS) is 10.3. The highest BCUT2D eigenvalue weighted by molar-refractivity contribution is 14.1. The summed E-state index contributed by atoms with van der Waals surface area (Å²) in [5.74, 6) is 2.22. The van der Waals surface area contributed by atoms with Crippen molar-refractivity contribution in [2.75, 3.05) is 13.7 Å². The number of furan rings is 1. The molecule has 0 spiro atoms. The number of halogens is 1. The third-order valence-electron chi connectivity index (χ3n) is 2.79. The van der Waals surface area contributed by atoms with Gasteiger partial charge in [0.2, 0.25) is 0 Å². The zero-order valence-corrected chi connectivity index (χ0v) is 13.6. The maximum atomic E-state index is 12.0. The molecule has 106 valence electrons. The summed E-state index contributed by atoms with van der Waals surface area (Å²) in [6.07, 6.45) is 0. The number of rotatable bonds is 5. The van der Waals surface area contributed by atoms with Crippen LogP contribution in [0.2, 0.25) is 0 Å². The van der Waals surface area contributed by atoms with Crippen molar-refractivity contribution >= 4 is 28.5 Å². The zero-order chi connectivity index (χ0) is 14.5. The van der Waals surface area contributed by atoms with Crippen LogP contribution >= 0.6 is 22.6 Å². The van der Waals surface area contributed by atoms with E-state index in [-0.39, 0.29) is 12.5 Å². The minimum atomic E-state index is -0.0856. The molecule has 2 aromatic rings. The molecule has 1 heterocycles. The first-order chi connectivity index (χ1) is 9.54. The molecule has 0 N–H and O–H groups in total. The second-order valence-electron chi connectivity index (χ2n) is 4.50. The highest BCUT2D eigenvalue weighted by Gasteiger charge is 2.12. The Morgan fingerprint density at radius 1 is 1.25 bits per heavy atom. The van der Waals surface area contributed by atoms with Crippen LogP contribution in [0.3, 0.4) is 0 Å². The number of hydrogen-bond donors (Lipinski definition) is 0. The molecule has 0 aliphatic carbocycles. The standard InChI is InChI=1S/C15H16INO3/c1-11-3-6-14(20-11)9-17(2)15(18)10-19-13-7-4-12(16)5-8-13/h3-8H,9-10H2,1-2H3. The van der Waals surface area contributed by atoms with Crippen molar-refractivity contribution in [1.82, 2.24) is 4.90 Å². The summed E-state index contributed by atoms with van der Waals surface area (Å²) in [6.45, 7) is 2.35. The molecule has 0 fully saturated rings. The van der Waals surface area contributed by atoms with Crippen LogP contribution in [0.25, 0.3) is 0 Å². The first-order valence-corrected chi connectivity index (χ1v) is 7.30. The Labute approximate surface area is 131 Å². The van der Waals surface area contributed by atoms with E-state index >= 15 is 0 Å². The molecule has 1 aromatic heterocycles. The number of aryl methyl sites for hydroxylation is 1. The van der Waals surface area contributed by atoms with E-state index in [0.717, 1.165) is 15.1 Å². The molecule has 0 saturated carbocycles. The molecule has 0 unspecified atom stereocenters. The fraction of sp³-hybridized carbons (Fsp3) is 0.267. The number of carbonyl (C=O) groups excluding carboxylic acids is 1. The molecular formula is C15H16INO3. The van der Waals surface area contributed by atoms with Gasteiger partial charge in [0.15, 0.2) is 6.61 Å². The number of amides is 1.